The van der Waals surface area contributed by atoms with Crippen LogP contribution >= 0.6 is 0 Å². The number of benzene rings is 1. The molecule has 0 saturated heterocycles. The number of hydrogen-bond acceptors (Lipinski definition) is 6. The van der Waals surface area contributed by atoms with E-state index < -0.39 is 12.1 Å². The van der Waals surface area contributed by atoms with Gasteiger partial charge in [0.05, 0.1) is 6.61 Å². The van der Waals surface area contributed by atoms with E-state index in [2.05, 4.69) is 4.98 Å². The third-order valence-corrected chi connectivity index (χ3v) is 4.04. The van der Waals surface area contributed by atoms with Crippen molar-refractivity contribution in [1.82, 2.24) is 4.98 Å². The number of nitrogens with two attached hydrogens (primary N) is 1. The quantitative estimate of drug-likeness (QED) is 0.629. The molecule has 1 aromatic carbocycles. The Kier molecular flexibility index (Phi) is 5.36. The van der Waals surface area contributed by atoms with Crippen LogP contribution in [0.25, 0.3) is 0 Å². The van der Waals surface area contributed by atoms with Crippen molar-refractivity contribution in [2.24, 2.45) is 0 Å². The lowest BCUT2D eigenvalue weighted by Crippen LogP contribution is -2.47. The zero-order chi connectivity index (χ0) is 18.5. The summed E-state index contributed by atoms with van der Waals surface area (Å²) < 4.78 is 10.8. The highest BCUT2D eigenvalue weighted by atomic mass is 16.5. The van der Waals surface area contributed by atoms with Gasteiger partial charge in [-0.1, -0.05) is 30.3 Å². The van der Waals surface area contributed by atoms with Gasteiger partial charge in [0.2, 0.25) is 0 Å². The van der Waals surface area contributed by atoms with E-state index in [0.29, 0.717) is 18.8 Å². The van der Waals surface area contributed by atoms with Crippen LogP contribution in [0.2, 0.25) is 0 Å². The SMILES string of the molecule is CC1Oc2ccc(N)nc2N(CC(=O)OCCCc2ccccc2)C1=O. The molecule has 2 heterocycles. The maximum absolute atomic E-state index is 12.4. The predicted octanol–water partition coefficient (Wildman–Crippen LogP) is 1.95. The van der Waals surface area contributed by atoms with Gasteiger partial charge in [-0.05, 0) is 37.5 Å². The summed E-state index contributed by atoms with van der Waals surface area (Å²) in [4.78, 5) is 29.9. The molecule has 0 aliphatic carbocycles. The molecule has 0 fully saturated rings. The molecule has 2 N–H and O–H groups in total. The van der Waals surface area contributed by atoms with Gasteiger partial charge in [-0.2, -0.15) is 0 Å². The molecule has 1 aliphatic heterocycles. The number of aromatic nitrogens is 1. The summed E-state index contributed by atoms with van der Waals surface area (Å²) in [7, 11) is 0. The zero-order valence-corrected chi connectivity index (χ0v) is 14.6. The average Bonchev–Trinajstić information content (AvgIpc) is 2.64. The summed E-state index contributed by atoms with van der Waals surface area (Å²) >= 11 is 0. The third-order valence-electron chi connectivity index (χ3n) is 4.04. The molecular weight excluding hydrogens is 334 g/mol. The maximum Gasteiger partial charge on any atom is 0.326 e. The summed E-state index contributed by atoms with van der Waals surface area (Å²) in [6, 6.07) is 13.2. The Morgan fingerprint density at radius 2 is 2.04 bits per heavy atom. The number of hydrogen-bond donors (Lipinski definition) is 1. The summed E-state index contributed by atoms with van der Waals surface area (Å²) in [5.41, 5.74) is 6.88. The maximum atomic E-state index is 12.4. The molecular formula is C19H21N3O4. The number of anilines is 2. The number of rotatable bonds is 6. The first-order valence-electron chi connectivity index (χ1n) is 8.48. The minimum Gasteiger partial charge on any atom is -0.477 e. The minimum absolute atomic E-state index is 0.221. The molecule has 0 spiro atoms. The number of nitrogen functional groups attached to an aromatic ring is 1. The normalized spacial score (nSPS) is 16.0. The van der Waals surface area contributed by atoms with Crippen LogP contribution in [-0.2, 0) is 20.7 Å². The highest BCUT2D eigenvalue weighted by molar-refractivity contribution is 6.02. The number of aryl methyl sites for hydroxylation is 1. The molecule has 3 rings (SSSR count). The number of ether oxygens (including phenoxy) is 2. The van der Waals surface area contributed by atoms with Crippen LogP contribution in [0.5, 0.6) is 5.75 Å². The second-order valence-corrected chi connectivity index (χ2v) is 6.05. The molecule has 7 heteroatoms. The molecule has 2 aromatic rings. The first-order valence-corrected chi connectivity index (χ1v) is 8.48. The molecule has 0 bridgehead atoms. The van der Waals surface area contributed by atoms with E-state index in [4.69, 9.17) is 15.2 Å². The van der Waals surface area contributed by atoms with Crippen LogP contribution < -0.4 is 15.4 Å². The van der Waals surface area contributed by atoms with Gasteiger partial charge in [-0.15, -0.1) is 0 Å². The van der Waals surface area contributed by atoms with E-state index in [9.17, 15) is 9.59 Å². The fraction of sp³-hybridized carbons (Fsp3) is 0.316. The number of amides is 1. The van der Waals surface area contributed by atoms with Crippen molar-refractivity contribution in [3.63, 3.8) is 0 Å². The van der Waals surface area contributed by atoms with Gasteiger partial charge in [0.1, 0.15) is 12.4 Å². The molecule has 1 amide bonds. The van der Waals surface area contributed by atoms with Crippen LogP contribution in [0, 0.1) is 0 Å². The Hall–Kier alpha value is -3.09. The van der Waals surface area contributed by atoms with E-state index >= 15 is 0 Å². The number of fused-ring (bicyclic) bond motifs is 1. The van der Waals surface area contributed by atoms with E-state index in [1.165, 1.54) is 10.5 Å². The monoisotopic (exact) mass is 355 g/mol. The van der Waals surface area contributed by atoms with E-state index in [-0.39, 0.29) is 24.1 Å². The fourth-order valence-corrected chi connectivity index (χ4v) is 2.73. The summed E-state index contributed by atoms with van der Waals surface area (Å²) in [6.07, 6.45) is 0.840. The summed E-state index contributed by atoms with van der Waals surface area (Å²) in [5, 5.41) is 0. The van der Waals surface area contributed by atoms with Crippen LogP contribution in [0.3, 0.4) is 0 Å². The van der Waals surface area contributed by atoms with Crippen molar-refractivity contribution in [1.29, 1.82) is 0 Å². The summed E-state index contributed by atoms with van der Waals surface area (Å²) in [6.45, 7) is 1.69. The number of esters is 1. The topological polar surface area (TPSA) is 94.8 Å². The summed E-state index contributed by atoms with van der Waals surface area (Å²) in [5.74, 6) is 0.0703. The van der Waals surface area contributed by atoms with Gasteiger partial charge >= 0.3 is 5.97 Å². The molecule has 136 valence electrons. The minimum atomic E-state index is -0.696. The number of pyridine rings is 1. The molecule has 1 atom stereocenters. The lowest BCUT2D eigenvalue weighted by Gasteiger charge is -2.31. The molecule has 7 nitrogen and oxygen atoms in total. The Morgan fingerprint density at radius 3 is 2.81 bits per heavy atom. The van der Waals surface area contributed by atoms with E-state index in [1.54, 1.807) is 19.1 Å². The number of nitrogens with zero attached hydrogens (tertiary/aromatic N) is 2. The van der Waals surface area contributed by atoms with Crippen LogP contribution in [0.1, 0.15) is 18.9 Å². The first-order chi connectivity index (χ1) is 12.5. The van der Waals surface area contributed by atoms with Crippen LogP contribution in [-0.4, -0.2) is 36.1 Å². The molecule has 1 unspecified atom stereocenters. The lowest BCUT2D eigenvalue weighted by atomic mass is 10.1. The van der Waals surface area contributed by atoms with Crippen molar-refractivity contribution in [2.45, 2.75) is 25.9 Å². The average molecular weight is 355 g/mol. The van der Waals surface area contributed by atoms with Crippen LogP contribution in [0.15, 0.2) is 42.5 Å². The second-order valence-electron chi connectivity index (χ2n) is 6.05. The van der Waals surface area contributed by atoms with Gasteiger partial charge in [-0.3, -0.25) is 14.5 Å². The predicted molar refractivity (Wildman–Crippen MR) is 96.8 cm³/mol. The van der Waals surface area contributed by atoms with Gasteiger partial charge in [0.25, 0.3) is 5.91 Å². The smallest absolute Gasteiger partial charge is 0.326 e. The highest BCUT2D eigenvalue weighted by Crippen LogP contribution is 2.32. The van der Waals surface area contributed by atoms with Crippen LogP contribution in [0.4, 0.5) is 11.6 Å². The Bertz CT molecular complexity index is 795. The van der Waals surface area contributed by atoms with Gasteiger partial charge in [0.15, 0.2) is 17.7 Å². The third kappa shape index (κ3) is 4.11. The van der Waals surface area contributed by atoms with Crippen molar-refractivity contribution in [3.8, 4) is 5.75 Å². The first kappa shape index (κ1) is 17.7. The van der Waals surface area contributed by atoms with Crippen molar-refractivity contribution >= 4 is 23.5 Å². The Balaban J connectivity index is 1.56. The molecule has 1 aromatic heterocycles. The van der Waals surface area contributed by atoms with Gasteiger partial charge in [-0.25, -0.2) is 4.98 Å². The van der Waals surface area contributed by atoms with E-state index in [1.807, 2.05) is 30.3 Å². The Labute approximate surface area is 151 Å². The molecule has 26 heavy (non-hydrogen) atoms. The standard InChI is InChI=1S/C19H21N3O4/c1-13-19(24)22(18-15(26-13)9-10-16(20)21-18)12-17(23)25-11-5-8-14-6-3-2-4-7-14/h2-4,6-7,9-10,13H,5,8,11-12H2,1H3,(H2,20,21). The fourth-order valence-electron chi connectivity index (χ4n) is 2.73. The second kappa shape index (κ2) is 7.86. The van der Waals surface area contributed by atoms with E-state index in [0.717, 1.165) is 6.42 Å². The lowest BCUT2D eigenvalue weighted by molar-refractivity contribution is -0.143. The van der Waals surface area contributed by atoms with Crippen molar-refractivity contribution < 1.29 is 19.1 Å². The zero-order valence-electron chi connectivity index (χ0n) is 14.6. The van der Waals surface area contributed by atoms with Crippen molar-refractivity contribution in [2.75, 3.05) is 23.8 Å². The van der Waals surface area contributed by atoms with Gasteiger partial charge < -0.3 is 15.2 Å². The Morgan fingerprint density at radius 1 is 1.27 bits per heavy atom. The molecule has 1 aliphatic rings. The number of carbonyl (C=O) groups is 2. The van der Waals surface area contributed by atoms with Gasteiger partial charge in [0, 0.05) is 0 Å². The highest BCUT2D eigenvalue weighted by Gasteiger charge is 2.34. The molecule has 0 saturated carbocycles. The largest absolute Gasteiger partial charge is 0.477 e. The number of carbonyl (C=O) groups excluding carboxylic acids is 2. The molecule has 0 radical (unpaired) electrons. The van der Waals surface area contributed by atoms with Crippen molar-refractivity contribution in [3.05, 3.63) is 48.0 Å².